The second-order valence-corrected chi connectivity index (χ2v) is 20.5. The van der Waals surface area contributed by atoms with E-state index in [9.17, 15) is 0 Å². The van der Waals surface area contributed by atoms with E-state index in [4.69, 9.17) is 0 Å². The average Bonchev–Trinajstić information content (AvgIpc) is 3.82. The first-order valence-electron chi connectivity index (χ1n) is 23.6. The lowest BCUT2D eigenvalue weighted by molar-refractivity contribution is 0.660. The van der Waals surface area contributed by atoms with Crippen LogP contribution < -0.4 is 4.90 Å². The smallest absolute Gasteiger partial charge is 0.0540 e. The molecule has 1 heteroatoms. The Labute approximate surface area is 388 Å². The molecule has 13 rings (SSSR count). The molecule has 0 aromatic heterocycles. The molecular formula is C65H51N. The molecule has 0 radical (unpaired) electrons. The summed E-state index contributed by atoms with van der Waals surface area (Å²) in [6.07, 6.45) is 4.65. The Morgan fingerprint density at radius 3 is 1.61 bits per heavy atom. The molecule has 0 heterocycles. The van der Waals surface area contributed by atoms with E-state index in [0.29, 0.717) is 0 Å². The van der Waals surface area contributed by atoms with Crippen LogP contribution in [-0.4, -0.2) is 0 Å². The van der Waals surface area contributed by atoms with Crippen LogP contribution in [0.3, 0.4) is 0 Å². The van der Waals surface area contributed by atoms with Crippen LogP contribution in [0.15, 0.2) is 188 Å². The molecule has 0 unspecified atom stereocenters. The maximum atomic E-state index is 2.49. The lowest BCUT2D eigenvalue weighted by Crippen LogP contribution is -2.16. The summed E-state index contributed by atoms with van der Waals surface area (Å²) < 4.78 is 0. The summed E-state index contributed by atoms with van der Waals surface area (Å²) in [5, 5.41) is 7.87. The van der Waals surface area contributed by atoms with Gasteiger partial charge in [0, 0.05) is 33.0 Å². The van der Waals surface area contributed by atoms with Crippen molar-refractivity contribution in [1.29, 1.82) is 0 Å². The average molecular weight is 846 g/mol. The Hall–Kier alpha value is -7.48. The molecule has 1 nitrogen and oxygen atoms in total. The zero-order valence-electron chi connectivity index (χ0n) is 38.5. The standard InChI is InChI=1S/C65H51N/c1-63(2)54-22-14-12-19-49(54)51-31-28-42(37-56(51)63)45-36-44-27-26-43-34-40(35-58-61(43)62(44)59(38-45)65(58,5)6)24-25-41-29-33-60(53-21-11-10-18-48(41)53)66(46-16-8-7-9-17-46)47-30-32-52-50-20-13-15-23-55(50)64(3,4)57(52)39-47/h7-39H,1-6H3/b25-24+. The van der Waals surface area contributed by atoms with E-state index in [1.54, 1.807) is 0 Å². The van der Waals surface area contributed by atoms with Gasteiger partial charge in [-0.15, -0.1) is 0 Å². The van der Waals surface area contributed by atoms with Crippen molar-refractivity contribution in [3.05, 3.63) is 233 Å². The Balaban J connectivity index is 0.869. The zero-order valence-corrected chi connectivity index (χ0v) is 38.5. The highest BCUT2D eigenvalue weighted by Gasteiger charge is 2.38. The van der Waals surface area contributed by atoms with Gasteiger partial charge in [0.2, 0.25) is 0 Å². The van der Waals surface area contributed by atoms with Gasteiger partial charge in [-0.1, -0.05) is 187 Å². The molecule has 0 atom stereocenters. The van der Waals surface area contributed by atoms with Gasteiger partial charge in [0.05, 0.1) is 5.69 Å². The van der Waals surface area contributed by atoms with E-state index in [1.807, 2.05) is 0 Å². The van der Waals surface area contributed by atoms with Gasteiger partial charge in [-0.05, 0) is 159 Å². The molecule has 0 fully saturated rings. The van der Waals surface area contributed by atoms with Crippen molar-refractivity contribution in [3.63, 3.8) is 0 Å². The fourth-order valence-electron chi connectivity index (χ4n) is 12.3. The number of rotatable bonds is 6. The van der Waals surface area contributed by atoms with Gasteiger partial charge in [-0.3, -0.25) is 0 Å². The maximum Gasteiger partial charge on any atom is 0.0540 e. The van der Waals surface area contributed by atoms with Gasteiger partial charge in [-0.2, -0.15) is 0 Å². The van der Waals surface area contributed by atoms with E-state index in [-0.39, 0.29) is 16.2 Å². The van der Waals surface area contributed by atoms with Crippen molar-refractivity contribution in [2.45, 2.75) is 57.8 Å². The molecule has 10 aromatic rings. The number of fused-ring (bicyclic) bond motifs is 7. The molecule has 316 valence electrons. The third-order valence-corrected chi connectivity index (χ3v) is 15.8. The molecule has 0 spiro atoms. The van der Waals surface area contributed by atoms with E-state index in [1.165, 1.54) is 110 Å². The number of benzene rings is 10. The second-order valence-electron chi connectivity index (χ2n) is 20.5. The third-order valence-electron chi connectivity index (χ3n) is 15.8. The lowest BCUT2D eigenvalue weighted by Gasteiger charge is -2.29. The van der Waals surface area contributed by atoms with Gasteiger partial charge >= 0.3 is 0 Å². The molecule has 66 heavy (non-hydrogen) atoms. The van der Waals surface area contributed by atoms with Crippen LogP contribution in [-0.2, 0) is 16.2 Å². The molecular weight excluding hydrogens is 795 g/mol. The van der Waals surface area contributed by atoms with Gasteiger partial charge in [0.1, 0.15) is 0 Å². The number of para-hydroxylation sites is 1. The topological polar surface area (TPSA) is 3.24 Å². The van der Waals surface area contributed by atoms with Crippen LogP contribution in [0.4, 0.5) is 17.1 Å². The molecule has 0 saturated heterocycles. The number of nitrogens with zero attached hydrogens (tertiary/aromatic N) is 1. The van der Waals surface area contributed by atoms with Crippen molar-refractivity contribution < 1.29 is 0 Å². The summed E-state index contributed by atoms with van der Waals surface area (Å²) in [6.45, 7) is 14.3. The van der Waals surface area contributed by atoms with Crippen molar-refractivity contribution >= 4 is 61.5 Å². The molecule has 3 aliphatic carbocycles. The highest BCUT2D eigenvalue weighted by Crippen LogP contribution is 2.54. The Bertz CT molecular complexity index is 3730. The third kappa shape index (κ3) is 5.47. The molecule has 0 saturated carbocycles. The summed E-state index contributed by atoms with van der Waals surface area (Å²) in [4.78, 5) is 2.44. The highest BCUT2D eigenvalue weighted by molar-refractivity contribution is 6.16. The first-order chi connectivity index (χ1) is 32.0. The van der Waals surface area contributed by atoms with Crippen molar-refractivity contribution in [1.82, 2.24) is 0 Å². The van der Waals surface area contributed by atoms with Gasteiger partial charge in [0.25, 0.3) is 0 Å². The van der Waals surface area contributed by atoms with Crippen LogP contribution in [0.25, 0.3) is 77.9 Å². The summed E-state index contributed by atoms with van der Waals surface area (Å²) >= 11 is 0. The van der Waals surface area contributed by atoms with Crippen LogP contribution in [0, 0.1) is 0 Å². The number of hydrogen-bond acceptors (Lipinski definition) is 1. The fourth-order valence-corrected chi connectivity index (χ4v) is 12.3. The normalized spacial score (nSPS) is 15.4. The predicted octanol–water partition coefficient (Wildman–Crippen LogP) is 17.7. The summed E-state index contributed by atoms with van der Waals surface area (Å²) in [5.41, 5.74) is 22.0. The molecule has 0 bridgehead atoms. The molecule has 10 aromatic carbocycles. The Morgan fingerprint density at radius 1 is 0.348 bits per heavy atom. The monoisotopic (exact) mass is 845 g/mol. The number of anilines is 3. The summed E-state index contributed by atoms with van der Waals surface area (Å²) in [7, 11) is 0. The quantitative estimate of drug-likeness (QED) is 0.119. The first-order valence-corrected chi connectivity index (χ1v) is 23.6. The largest absolute Gasteiger partial charge is 0.310 e. The summed E-state index contributed by atoms with van der Waals surface area (Å²) in [5.74, 6) is 0. The van der Waals surface area contributed by atoms with E-state index in [2.05, 4.69) is 247 Å². The maximum absolute atomic E-state index is 2.49. The van der Waals surface area contributed by atoms with Crippen LogP contribution >= 0.6 is 0 Å². The zero-order chi connectivity index (χ0) is 44.7. The number of hydrogen-bond donors (Lipinski definition) is 0. The Morgan fingerprint density at radius 2 is 0.894 bits per heavy atom. The van der Waals surface area contributed by atoms with E-state index < -0.39 is 0 Å². The van der Waals surface area contributed by atoms with Crippen LogP contribution in [0.2, 0.25) is 0 Å². The summed E-state index contributed by atoms with van der Waals surface area (Å²) in [6, 6.07) is 70.8. The molecule has 3 aliphatic rings. The minimum atomic E-state index is -0.156. The lowest BCUT2D eigenvalue weighted by atomic mass is 9.79. The van der Waals surface area contributed by atoms with Crippen LogP contribution in [0.1, 0.15) is 86.1 Å². The van der Waals surface area contributed by atoms with Crippen molar-refractivity contribution in [2.24, 2.45) is 0 Å². The highest BCUT2D eigenvalue weighted by atomic mass is 15.1. The van der Waals surface area contributed by atoms with Crippen molar-refractivity contribution in [3.8, 4) is 33.4 Å². The van der Waals surface area contributed by atoms with Crippen LogP contribution in [0.5, 0.6) is 0 Å². The molecule has 0 aliphatic heterocycles. The van der Waals surface area contributed by atoms with E-state index >= 15 is 0 Å². The molecule has 0 N–H and O–H groups in total. The van der Waals surface area contributed by atoms with Gasteiger partial charge < -0.3 is 4.90 Å². The van der Waals surface area contributed by atoms with E-state index in [0.717, 1.165) is 17.1 Å². The second kappa shape index (κ2) is 13.8. The SMILES string of the molecule is CC1(C)c2ccccc2-c2ccc(-c3cc4c5c(ccc6cc(/C=C/c7ccc(N(c8ccccc8)c8ccc9c(c8)C(C)(C)c8ccccc8-9)c8ccccc78)cc(c65)C4(C)C)c3)cc21. The van der Waals surface area contributed by atoms with Gasteiger partial charge in [-0.25, -0.2) is 0 Å². The predicted molar refractivity (Wildman–Crippen MR) is 282 cm³/mol. The van der Waals surface area contributed by atoms with Gasteiger partial charge in [0.15, 0.2) is 0 Å². The molecule has 0 amide bonds. The Kier molecular flexibility index (Phi) is 8.12. The first kappa shape index (κ1) is 38.9. The minimum absolute atomic E-state index is 0.0356. The fraction of sp³-hybridized carbons (Fsp3) is 0.138. The van der Waals surface area contributed by atoms with Crippen molar-refractivity contribution in [2.75, 3.05) is 4.90 Å². The minimum Gasteiger partial charge on any atom is -0.310 e.